The number of para-hydroxylation sites is 1. The average molecular weight is 406 g/mol. The van der Waals surface area contributed by atoms with Crippen molar-refractivity contribution in [3.63, 3.8) is 0 Å². The monoisotopic (exact) mass is 406 g/mol. The van der Waals surface area contributed by atoms with E-state index in [2.05, 4.69) is 10.00 Å². The minimum Gasteiger partial charge on any atom is -0.497 e. The fraction of sp³-hybridized carbons (Fsp3) is 0.304. The average Bonchev–Trinajstić information content (AvgIpc) is 3.20. The second-order valence-electron chi connectivity index (χ2n) is 7.24. The molecule has 4 rings (SSSR count). The van der Waals surface area contributed by atoms with Gasteiger partial charge in [0.05, 0.1) is 31.3 Å². The molecule has 1 aromatic heterocycles. The van der Waals surface area contributed by atoms with Crippen LogP contribution in [0.4, 0.5) is 5.69 Å². The number of hydrogen-bond donors (Lipinski definition) is 0. The van der Waals surface area contributed by atoms with Gasteiger partial charge in [-0.15, -0.1) is 0 Å². The molecular formula is C23H26N4O3. The van der Waals surface area contributed by atoms with Gasteiger partial charge in [-0.05, 0) is 37.3 Å². The lowest BCUT2D eigenvalue weighted by Gasteiger charge is -2.36. The molecule has 30 heavy (non-hydrogen) atoms. The van der Waals surface area contributed by atoms with Crippen molar-refractivity contribution in [3.05, 3.63) is 66.0 Å². The predicted molar refractivity (Wildman–Crippen MR) is 116 cm³/mol. The Kier molecular flexibility index (Phi) is 5.61. The quantitative estimate of drug-likeness (QED) is 0.651. The zero-order chi connectivity index (χ0) is 21.1. The van der Waals surface area contributed by atoms with Gasteiger partial charge in [0.1, 0.15) is 17.2 Å². The number of piperazine rings is 1. The minimum absolute atomic E-state index is 0.000740. The molecule has 156 valence electrons. The maximum atomic E-state index is 13.3. The Morgan fingerprint density at radius 2 is 1.67 bits per heavy atom. The third-order valence-electron chi connectivity index (χ3n) is 5.35. The van der Waals surface area contributed by atoms with Gasteiger partial charge >= 0.3 is 0 Å². The maximum absolute atomic E-state index is 13.3. The first kappa shape index (κ1) is 19.8. The number of benzene rings is 2. The topological polar surface area (TPSA) is 59.8 Å². The largest absolute Gasteiger partial charge is 0.497 e. The van der Waals surface area contributed by atoms with Gasteiger partial charge < -0.3 is 19.3 Å². The van der Waals surface area contributed by atoms with Gasteiger partial charge in [-0.1, -0.05) is 18.2 Å². The van der Waals surface area contributed by atoms with Gasteiger partial charge in [0.15, 0.2) is 0 Å². The summed E-state index contributed by atoms with van der Waals surface area (Å²) in [6.45, 7) is 4.63. The minimum atomic E-state index is 0.000740. The molecule has 1 aliphatic heterocycles. The number of rotatable bonds is 5. The summed E-state index contributed by atoms with van der Waals surface area (Å²) >= 11 is 0. The normalized spacial score (nSPS) is 14.0. The fourth-order valence-corrected chi connectivity index (χ4v) is 3.78. The zero-order valence-corrected chi connectivity index (χ0v) is 17.5. The van der Waals surface area contributed by atoms with E-state index < -0.39 is 0 Å². The summed E-state index contributed by atoms with van der Waals surface area (Å²) in [4.78, 5) is 17.4. The Morgan fingerprint density at radius 1 is 0.933 bits per heavy atom. The van der Waals surface area contributed by atoms with Crippen LogP contribution in [0.25, 0.3) is 5.69 Å². The first-order valence-corrected chi connectivity index (χ1v) is 9.99. The van der Waals surface area contributed by atoms with E-state index in [-0.39, 0.29) is 5.91 Å². The van der Waals surface area contributed by atoms with Gasteiger partial charge in [-0.3, -0.25) is 4.79 Å². The second-order valence-corrected chi connectivity index (χ2v) is 7.24. The molecule has 2 heterocycles. The number of aromatic nitrogens is 2. The predicted octanol–water partition coefficient (Wildman–Crippen LogP) is 3.16. The highest BCUT2D eigenvalue weighted by atomic mass is 16.5. The van der Waals surface area contributed by atoms with Crippen LogP contribution < -0.4 is 14.4 Å². The number of aryl methyl sites for hydroxylation is 1. The summed E-state index contributed by atoms with van der Waals surface area (Å²) in [7, 11) is 3.30. The van der Waals surface area contributed by atoms with E-state index in [1.54, 1.807) is 18.9 Å². The smallest absolute Gasteiger partial charge is 0.272 e. The van der Waals surface area contributed by atoms with Gasteiger partial charge in [-0.2, -0.15) is 5.10 Å². The van der Waals surface area contributed by atoms with Gasteiger partial charge in [0, 0.05) is 32.2 Å². The third kappa shape index (κ3) is 3.83. The SMILES string of the molecule is COc1ccc(N2CCN(C(=O)c3cc(C)nn3-c3ccccc3)CC2)c(OC)c1. The number of nitrogens with zero attached hydrogens (tertiary/aromatic N) is 4. The fourth-order valence-electron chi connectivity index (χ4n) is 3.78. The Bertz CT molecular complexity index is 1020. The molecule has 1 amide bonds. The third-order valence-corrected chi connectivity index (χ3v) is 5.35. The molecule has 0 spiro atoms. The number of carbonyl (C=O) groups excluding carboxylic acids is 1. The molecule has 1 fully saturated rings. The van der Waals surface area contributed by atoms with Crippen molar-refractivity contribution in [2.24, 2.45) is 0 Å². The first-order chi connectivity index (χ1) is 14.6. The van der Waals surface area contributed by atoms with Crippen LogP contribution in [-0.2, 0) is 0 Å². The number of hydrogen-bond acceptors (Lipinski definition) is 5. The van der Waals surface area contributed by atoms with Crippen molar-refractivity contribution in [2.75, 3.05) is 45.3 Å². The molecule has 0 aliphatic carbocycles. The van der Waals surface area contributed by atoms with E-state index in [4.69, 9.17) is 9.47 Å². The molecule has 2 aromatic carbocycles. The van der Waals surface area contributed by atoms with Crippen LogP contribution in [0.3, 0.4) is 0 Å². The highest BCUT2D eigenvalue weighted by Gasteiger charge is 2.26. The van der Waals surface area contributed by atoms with Gasteiger partial charge in [-0.25, -0.2) is 4.68 Å². The molecular weight excluding hydrogens is 380 g/mol. The van der Waals surface area contributed by atoms with Crippen LogP contribution in [0.1, 0.15) is 16.2 Å². The van der Waals surface area contributed by atoms with Crippen molar-refractivity contribution >= 4 is 11.6 Å². The van der Waals surface area contributed by atoms with E-state index in [1.807, 2.05) is 66.4 Å². The van der Waals surface area contributed by atoms with E-state index >= 15 is 0 Å². The van der Waals surface area contributed by atoms with Crippen molar-refractivity contribution in [3.8, 4) is 17.2 Å². The summed E-state index contributed by atoms with van der Waals surface area (Å²) < 4.78 is 12.6. The maximum Gasteiger partial charge on any atom is 0.272 e. The highest BCUT2D eigenvalue weighted by Crippen LogP contribution is 2.33. The summed E-state index contributed by atoms with van der Waals surface area (Å²) in [5.74, 6) is 1.53. The summed E-state index contributed by atoms with van der Waals surface area (Å²) in [5, 5.41) is 4.53. The Balaban J connectivity index is 1.50. The van der Waals surface area contributed by atoms with Crippen LogP contribution >= 0.6 is 0 Å². The number of carbonyl (C=O) groups is 1. The molecule has 0 saturated carbocycles. The number of anilines is 1. The molecule has 0 atom stereocenters. The van der Waals surface area contributed by atoms with Gasteiger partial charge in [0.25, 0.3) is 5.91 Å². The van der Waals surface area contributed by atoms with Crippen LogP contribution in [0.2, 0.25) is 0 Å². The lowest BCUT2D eigenvalue weighted by Crippen LogP contribution is -2.49. The number of ether oxygens (including phenoxy) is 2. The van der Waals surface area contributed by atoms with E-state index in [9.17, 15) is 4.79 Å². The van der Waals surface area contributed by atoms with E-state index in [0.717, 1.165) is 41.7 Å². The summed E-state index contributed by atoms with van der Waals surface area (Å²) in [6.07, 6.45) is 0. The second kappa shape index (κ2) is 8.49. The zero-order valence-electron chi connectivity index (χ0n) is 17.5. The molecule has 0 unspecified atom stereocenters. The first-order valence-electron chi connectivity index (χ1n) is 9.99. The molecule has 1 aliphatic rings. The van der Waals surface area contributed by atoms with Crippen LogP contribution in [-0.4, -0.2) is 61.0 Å². The Labute approximate surface area is 176 Å². The van der Waals surface area contributed by atoms with Crippen LogP contribution in [0.5, 0.6) is 11.5 Å². The van der Waals surface area contributed by atoms with E-state index in [0.29, 0.717) is 18.8 Å². The highest BCUT2D eigenvalue weighted by molar-refractivity contribution is 5.93. The molecule has 7 heteroatoms. The molecule has 0 bridgehead atoms. The molecule has 7 nitrogen and oxygen atoms in total. The Morgan fingerprint density at radius 3 is 2.33 bits per heavy atom. The van der Waals surface area contributed by atoms with Crippen molar-refractivity contribution in [1.82, 2.24) is 14.7 Å². The van der Waals surface area contributed by atoms with Gasteiger partial charge in [0.2, 0.25) is 0 Å². The van der Waals surface area contributed by atoms with Crippen LogP contribution in [0.15, 0.2) is 54.6 Å². The number of amides is 1. The molecule has 0 radical (unpaired) electrons. The standard InChI is InChI=1S/C23H26N4O3/c1-17-15-21(27(24-17)18-7-5-4-6-8-18)23(28)26-13-11-25(12-14-26)20-10-9-19(29-2)16-22(20)30-3/h4-10,15-16H,11-14H2,1-3H3. The summed E-state index contributed by atoms with van der Waals surface area (Å²) in [6, 6.07) is 17.4. The Hall–Kier alpha value is -3.48. The lowest BCUT2D eigenvalue weighted by atomic mass is 10.2. The van der Waals surface area contributed by atoms with Crippen molar-refractivity contribution in [2.45, 2.75) is 6.92 Å². The van der Waals surface area contributed by atoms with Crippen molar-refractivity contribution < 1.29 is 14.3 Å². The summed E-state index contributed by atoms with van der Waals surface area (Å²) in [5.41, 5.74) is 3.31. The van der Waals surface area contributed by atoms with Crippen molar-refractivity contribution in [1.29, 1.82) is 0 Å². The molecule has 1 saturated heterocycles. The van der Waals surface area contributed by atoms with E-state index in [1.165, 1.54) is 0 Å². The number of methoxy groups -OCH3 is 2. The van der Waals surface area contributed by atoms with Crippen LogP contribution in [0, 0.1) is 6.92 Å². The molecule has 3 aromatic rings. The molecule has 0 N–H and O–H groups in total. The lowest BCUT2D eigenvalue weighted by molar-refractivity contribution is 0.0737.